The van der Waals surface area contributed by atoms with Crippen molar-refractivity contribution in [2.45, 2.75) is 13.5 Å². The minimum Gasteiger partial charge on any atom is -0.497 e. The Balaban J connectivity index is 1.81. The van der Waals surface area contributed by atoms with Crippen LogP contribution in [-0.4, -0.2) is 52.2 Å². The highest BCUT2D eigenvalue weighted by atomic mass is 16.7. The average molecular weight is 454 g/mol. The van der Waals surface area contributed by atoms with Crippen LogP contribution in [0.25, 0.3) is 0 Å². The molecule has 0 radical (unpaired) electrons. The van der Waals surface area contributed by atoms with E-state index in [4.69, 9.17) is 18.9 Å². The highest BCUT2D eigenvalue weighted by Crippen LogP contribution is 2.39. The van der Waals surface area contributed by atoms with Crippen LogP contribution in [-0.2, 0) is 11.3 Å². The number of methoxy groups -OCH3 is 1. The lowest BCUT2D eigenvalue weighted by Crippen LogP contribution is -2.18. The molecule has 0 amide bonds. The molecule has 0 bridgehead atoms. The smallest absolute Gasteiger partial charge is 0.361 e. The highest BCUT2D eigenvalue weighted by Gasteiger charge is 2.33. The topological polar surface area (TPSA) is 145 Å². The van der Waals surface area contributed by atoms with Gasteiger partial charge in [0, 0.05) is 6.07 Å². The summed E-state index contributed by atoms with van der Waals surface area (Å²) in [5, 5.41) is 19.4. The van der Waals surface area contributed by atoms with Crippen LogP contribution in [0.5, 0.6) is 17.2 Å². The summed E-state index contributed by atoms with van der Waals surface area (Å²) >= 11 is 0. The van der Waals surface area contributed by atoms with Gasteiger partial charge in [-0.15, -0.1) is 5.10 Å². The molecule has 0 spiro atoms. The first-order valence-corrected chi connectivity index (χ1v) is 9.79. The fraction of sp³-hybridized carbons (Fsp3) is 0.238. The Morgan fingerprint density at radius 1 is 1.18 bits per heavy atom. The van der Waals surface area contributed by atoms with Crippen molar-refractivity contribution < 1.29 is 33.5 Å². The number of fused-ring (bicyclic) bond motifs is 1. The molecule has 3 aromatic rings. The van der Waals surface area contributed by atoms with Gasteiger partial charge in [0.25, 0.3) is 5.69 Å². The molecule has 12 nitrogen and oxygen atoms in total. The minimum atomic E-state index is -0.870. The van der Waals surface area contributed by atoms with Crippen molar-refractivity contribution >= 4 is 17.4 Å². The van der Waals surface area contributed by atoms with Crippen LogP contribution >= 0.6 is 0 Å². The van der Waals surface area contributed by atoms with Gasteiger partial charge in [0.1, 0.15) is 17.0 Å². The molecule has 33 heavy (non-hydrogen) atoms. The Morgan fingerprint density at radius 2 is 1.88 bits per heavy atom. The Hall–Kier alpha value is -4.48. The lowest BCUT2D eigenvalue weighted by atomic mass is 10.0. The molecule has 0 atom stereocenters. The van der Waals surface area contributed by atoms with Gasteiger partial charge in [0.2, 0.25) is 18.3 Å². The number of hydrogen-bond acceptors (Lipinski definition) is 10. The van der Waals surface area contributed by atoms with Gasteiger partial charge in [0.15, 0.2) is 11.5 Å². The van der Waals surface area contributed by atoms with E-state index in [1.165, 1.54) is 17.9 Å². The lowest BCUT2D eigenvalue weighted by Gasteiger charge is -2.09. The number of hydrogen-bond donors (Lipinski definition) is 0. The van der Waals surface area contributed by atoms with E-state index in [1.807, 2.05) is 0 Å². The quantitative estimate of drug-likeness (QED) is 0.215. The number of ether oxygens (including phenoxy) is 4. The average Bonchev–Trinajstić information content (AvgIpc) is 3.45. The summed E-state index contributed by atoms with van der Waals surface area (Å²) in [6.45, 7) is 1.58. The fourth-order valence-corrected chi connectivity index (χ4v) is 3.28. The largest absolute Gasteiger partial charge is 0.497 e. The van der Waals surface area contributed by atoms with Crippen LogP contribution in [0.2, 0.25) is 0 Å². The van der Waals surface area contributed by atoms with Crippen LogP contribution in [0.4, 0.5) is 5.69 Å². The third-order valence-electron chi connectivity index (χ3n) is 4.84. The number of aromatic nitrogens is 3. The zero-order valence-corrected chi connectivity index (χ0v) is 17.6. The van der Waals surface area contributed by atoms with E-state index in [-0.39, 0.29) is 48.4 Å². The molecule has 0 N–H and O–H groups in total. The fourth-order valence-electron chi connectivity index (χ4n) is 3.28. The molecule has 0 aliphatic carbocycles. The van der Waals surface area contributed by atoms with Crippen LogP contribution in [0.15, 0.2) is 36.4 Å². The van der Waals surface area contributed by atoms with Gasteiger partial charge in [-0.25, -0.2) is 9.48 Å². The van der Waals surface area contributed by atoms with Crippen LogP contribution in [0, 0.1) is 10.1 Å². The summed E-state index contributed by atoms with van der Waals surface area (Å²) in [7, 11) is 1.53. The molecule has 2 aromatic carbocycles. The summed E-state index contributed by atoms with van der Waals surface area (Å²) in [6, 6.07) is 9.27. The number of nitro benzene ring substituents is 1. The first-order chi connectivity index (χ1) is 15.9. The van der Waals surface area contributed by atoms with Gasteiger partial charge in [-0.2, -0.15) is 0 Å². The number of carbonyl (C=O) groups is 2. The van der Waals surface area contributed by atoms with Gasteiger partial charge in [-0.1, -0.05) is 17.3 Å². The highest BCUT2D eigenvalue weighted by molar-refractivity contribution is 6.15. The third-order valence-corrected chi connectivity index (χ3v) is 4.84. The van der Waals surface area contributed by atoms with Crippen LogP contribution in [0.1, 0.15) is 39.0 Å². The van der Waals surface area contributed by atoms with Crippen molar-refractivity contribution in [2.75, 3.05) is 20.5 Å². The van der Waals surface area contributed by atoms with Crippen molar-refractivity contribution in [3.8, 4) is 17.2 Å². The number of nitrogens with zero attached hydrogens (tertiary/aromatic N) is 4. The molecule has 1 aromatic heterocycles. The van der Waals surface area contributed by atoms with E-state index in [9.17, 15) is 19.7 Å². The van der Waals surface area contributed by atoms with E-state index < -0.39 is 22.4 Å². The van der Waals surface area contributed by atoms with Gasteiger partial charge >= 0.3 is 5.97 Å². The van der Waals surface area contributed by atoms with Crippen LogP contribution < -0.4 is 14.2 Å². The maximum Gasteiger partial charge on any atom is 0.361 e. The molecule has 1 aliphatic heterocycles. The molecule has 2 heterocycles. The zero-order valence-electron chi connectivity index (χ0n) is 17.6. The van der Waals surface area contributed by atoms with E-state index in [0.717, 1.165) is 11.6 Å². The number of ketones is 1. The van der Waals surface area contributed by atoms with Crippen molar-refractivity contribution in [1.29, 1.82) is 0 Å². The second-order valence-electron chi connectivity index (χ2n) is 6.82. The normalized spacial score (nSPS) is 11.8. The molecular weight excluding hydrogens is 436 g/mol. The van der Waals surface area contributed by atoms with Gasteiger partial charge < -0.3 is 18.9 Å². The van der Waals surface area contributed by atoms with Crippen molar-refractivity contribution in [3.63, 3.8) is 0 Å². The number of esters is 1. The van der Waals surface area contributed by atoms with Crippen molar-refractivity contribution in [3.05, 3.63) is 69.0 Å². The standard InChI is InChI=1S/C21H18N4O8/c1-3-31-21(27)18-19(24(23-22-18)10-12-4-6-13(30-2)7-5-12)20(26)14-8-16-17(33-11-32-16)9-15(14)25(28)29/h4-9H,3,10-11H2,1-2H3. The van der Waals surface area contributed by atoms with E-state index in [1.54, 1.807) is 31.2 Å². The summed E-state index contributed by atoms with van der Waals surface area (Å²) in [4.78, 5) is 37.0. The Labute approximate surface area is 186 Å². The summed E-state index contributed by atoms with van der Waals surface area (Å²) < 4.78 is 21.8. The maximum absolute atomic E-state index is 13.5. The monoisotopic (exact) mass is 454 g/mol. The number of benzene rings is 2. The predicted molar refractivity (Wildman–Crippen MR) is 111 cm³/mol. The molecule has 1 aliphatic rings. The lowest BCUT2D eigenvalue weighted by molar-refractivity contribution is -0.385. The number of rotatable bonds is 8. The first-order valence-electron chi connectivity index (χ1n) is 9.79. The zero-order chi connectivity index (χ0) is 23.5. The first kappa shape index (κ1) is 21.7. The molecule has 0 unspecified atom stereocenters. The van der Waals surface area contributed by atoms with Gasteiger partial charge in [-0.05, 0) is 24.6 Å². The van der Waals surface area contributed by atoms with Crippen molar-refractivity contribution in [2.24, 2.45) is 0 Å². The number of carbonyl (C=O) groups excluding carboxylic acids is 2. The van der Waals surface area contributed by atoms with E-state index in [2.05, 4.69) is 10.3 Å². The maximum atomic E-state index is 13.5. The molecule has 170 valence electrons. The molecule has 4 rings (SSSR count). The Bertz CT molecular complexity index is 1240. The molecule has 0 fully saturated rings. The van der Waals surface area contributed by atoms with E-state index in [0.29, 0.717) is 5.75 Å². The van der Waals surface area contributed by atoms with Gasteiger partial charge in [-0.3, -0.25) is 14.9 Å². The molecular formula is C21H18N4O8. The molecule has 0 saturated heterocycles. The van der Waals surface area contributed by atoms with Crippen molar-refractivity contribution in [1.82, 2.24) is 15.0 Å². The third kappa shape index (κ3) is 4.18. The summed E-state index contributed by atoms with van der Waals surface area (Å²) in [5.74, 6) is -0.742. The SMILES string of the molecule is CCOC(=O)c1nnn(Cc2ccc(OC)cc2)c1C(=O)c1cc2c(cc1[N+](=O)[O-])OCO2. The van der Waals surface area contributed by atoms with E-state index >= 15 is 0 Å². The second-order valence-corrected chi connectivity index (χ2v) is 6.82. The Kier molecular flexibility index (Phi) is 5.89. The summed E-state index contributed by atoms with van der Waals surface area (Å²) in [5.41, 5.74) is -0.664. The predicted octanol–water partition coefficient (Wildman–Crippen LogP) is 2.38. The van der Waals surface area contributed by atoms with Crippen LogP contribution in [0.3, 0.4) is 0 Å². The molecule has 0 saturated carbocycles. The summed E-state index contributed by atoms with van der Waals surface area (Å²) in [6.07, 6.45) is 0. The number of nitro groups is 1. The Morgan fingerprint density at radius 3 is 2.52 bits per heavy atom. The second kappa shape index (κ2) is 8.94. The minimum absolute atomic E-state index is 0.0436. The molecule has 12 heteroatoms. The van der Waals surface area contributed by atoms with Gasteiger partial charge in [0.05, 0.1) is 31.3 Å².